The van der Waals surface area contributed by atoms with Gasteiger partial charge in [0.25, 0.3) is 0 Å². The molecule has 1 rings (SSSR count). The van der Waals surface area contributed by atoms with Gasteiger partial charge in [-0.05, 0) is 26.4 Å². The topological polar surface area (TPSA) is 35.5 Å². The highest BCUT2D eigenvalue weighted by Crippen LogP contribution is 2.20. The zero-order valence-corrected chi connectivity index (χ0v) is 9.55. The molecule has 0 amide bonds. The highest BCUT2D eigenvalue weighted by Gasteiger charge is 2.35. The Morgan fingerprint density at radius 2 is 2.21 bits per heavy atom. The van der Waals surface area contributed by atoms with Gasteiger partial charge in [0.15, 0.2) is 0 Å². The van der Waals surface area contributed by atoms with E-state index in [9.17, 15) is 5.11 Å². The Kier molecular flexibility index (Phi) is 4.85. The maximum absolute atomic E-state index is 9.32. The zero-order chi connectivity index (χ0) is 10.4. The molecule has 1 atom stereocenters. The van der Waals surface area contributed by atoms with E-state index in [2.05, 4.69) is 17.1 Å². The Bertz CT molecular complexity index is 157. The number of likely N-dealkylation sites (tertiary alicyclic amines) is 1. The lowest BCUT2D eigenvalue weighted by molar-refractivity contribution is 0.167. The highest BCUT2D eigenvalue weighted by molar-refractivity contribution is 4.95. The number of aliphatic hydroxyl groups excluding tert-OH is 1. The highest BCUT2D eigenvalue weighted by atomic mass is 16.3. The second kappa shape index (κ2) is 5.69. The molecule has 0 aromatic rings. The van der Waals surface area contributed by atoms with E-state index < -0.39 is 0 Å². The molecule has 1 fully saturated rings. The van der Waals surface area contributed by atoms with Gasteiger partial charge >= 0.3 is 0 Å². The Labute approximate surface area is 87.5 Å². The van der Waals surface area contributed by atoms with Crippen LogP contribution in [0.3, 0.4) is 0 Å². The van der Waals surface area contributed by atoms with Crippen LogP contribution in [-0.2, 0) is 0 Å². The van der Waals surface area contributed by atoms with Gasteiger partial charge in [-0.25, -0.2) is 0 Å². The van der Waals surface area contributed by atoms with Crippen molar-refractivity contribution in [3.63, 3.8) is 0 Å². The van der Waals surface area contributed by atoms with Crippen molar-refractivity contribution < 1.29 is 5.11 Å². The molecule has 0 aliphatic carbocycles. The second-order valence-electron chi connectivity index (χ2n) is 4.42. The predicted molar refractivity (Wildman–Crippen MR) is 59.5 cm³/mol. The summed E-state index contributed by atoms with van der Waals surface area (Å²) in [6.45, 7) is 5.81. The van der Waals surface area contributed by atoms with Gasteiger partial charge in [-0.1, -0.05) is 19.8 Å². The number of hydrogen-bond donors (Lipinski definition) is 2. The quantitative estimate of drug-likeness (QED) is 0.624. The van der Waals surface area contributed by atoms with E-state index in [0.29, 0.717) is 0 Å². The molecule has 1 heterocycles. The van der Waals surface area contributed by atoms with Crippen LogP contribution in [0, 0.1) is 0 Å². The van der Waals surface area contributed by atoms with E-state index in [0.717, 1.165) is 19.5 Å². The van der Waals surface area contributed by atoms with Crippen molar-refractivity contribution in [1.82, 2.24) is 10.2 Å². The van der Waals surface area contributed by atoms with Crippen molar-refractivity contribution in [3.05, 3.63) is 0 Å². The second-order valence-corrected chi connectivity index (χ2v) is 4.42. The number of aliphatic hydroxyl groups is 1. The molecule has 1 aliphatic rings. The molecule has 1 saturated heterocycles. The summed E-state index contributed by atoms with van der Waals surface area (Å²) in [4.78, 5) is 2.46. The molecule has 0 bridgehead atoms. The van der Waals surface area contributed by atoms with Crippen LogP contribution in [0.15, 0.2) is 0 Å². The minimum Gasteiger partial charge on any atom is -0.394 e. The first-order valence-electron chi connectivity index (χ1n) is 5.78. The monoisotopic (exact) mass is 200 g/mol. The fourth-order valence-electron chi connectivity index (χ4n) is 2.15. The Morgan fingerprint density at radius 3 is 2.71 bits per heavy atom. The van der Waals surface area contributed by atoms with Crippen LogP contribution in [0.25, 0.3) is 0 Å². The summed E-state index contributed by atoms with van der Waals surface area (Å²) in [5, 5.41) is 12.6. The molecule has 2 N–H and O–H groups in total. The van der Waals surface area contributed by atoms with Crippen LogP contribution in [0.5, 0.6) is 0 Å². The minimum absolute atomic E-state index is 0.0216. The van der Waals surface area contributed by atoms with Crippen LogP contribution in [-0.4, -0.2) is 48.8 Å². The molecule has 3 nitrogen and oxygen atoms in total. The summed E-state index contributed by atoms with van der Waals surface area (Å²) in [6, 6.07) is 0. The molecule has 0 spiro atoms. The van der Waals surface area contributed by atoms with Crippen LogP contribution in [0.1, 0.15) is 32.6 Å². The average Bonchev–Trinajstić information content (AvgIpc) is 2.63. The van der Waals surface area contributed by atoms with Crippen LogP contribution in [0.4, 0.5) is 0 Å². The summed E-state index contributed by atoms with van der Waals surface area (Å²) < 4.78 is 0. The van der Waals surface area contributed by atoms with E-state index in [1.165, 1.54) is 25.8 Å². The Hall–Kier alpha value is -0.120. The van der Waals surface area contributed by atoms with E-state index in [4.69, 9.17) is 0 Å². The van der Waals surface area contributed by atoms with Gasteiger partial charge in [0, 0.05) is 13.1 Å². The average molecular weight is 200 g/mol. The summed E-state index contributed by atoms with van der Waals surface area (Å²) in [7, 11) is 1.95. The number of likely N-dealkylation sites (N-methyl/N-ethyl adjacent to an activating group) is 1. The van der Waals surface area contributed by atoms with Crippen molar-refractivity contribution in [1.29, 1.82) is 0 Å². The van der Waals surface area contributed by atoms with Gasteiger partial charge in [0.2, 0.25) is 0 Å². The molecule has 0 aromatic heterocycles. The van der Waals surface area contributed by atoms with E-state index in [1.54, 1.807) is 0 Å². The number of unbranched alkanes of at least 4 members (excludes halogenated alkanes) is 2. The van der Waals surface area contributed by atoms with Crippen LogP contribution in [0.2, 0.25) is 0 Å². The molecule has 1 aliphatic heterocycles. The van der Waals surface area contributed by atoms with Crippen molar-refractivity contribution in [3.8, 4) is 0 Å². The third-order valence-electron chi connectivity index (χ3n) is 3.34. The lowest BCUT2D eigenvalue weighted by Gasteiger charge is -2.26. The molecule has 84 valence electrons. The van der Waals surface area contributed by atoms with Crippen LogP contribution < -0.4 is 5.32 Å². The lowest BCUT2D eigenvalue weighted by Crippen LogP contribution is -2.48. The SMILES string of the molecule is CCCCCN1CCC(CO)(NC)C1. The van der Waals surface area contributed by atoms with Gasteiger partial charge < -0.3 is 15.3 Å². The molecule has 3 heteroatoms. The van der Waals surface area contributed by atoms with E-state index >= 15 is 0 Å². The molecule has 0 aromatic carbocycles. The van der Waals surface area contributed by atoms with Gasteiger partial charge in [-0.15, -0.1) is 0 Å². The smallest absolute Gasteiger partial charge is 0.0626 e. The first-order valence-corrected chi connectivity index (χ1v) is 5.78. The number of nitrogens with zero attached hydrogens (tertiary/aromatic N) is 1. The first-order chi connectivity index (χ1) is 6.76. The summed E-state index contributed by atoms with van der Waals surface area (Å²) >= 11 is 0. The van der Waals surface area contributed by atoms with Crippen molar-refractivity contribution >= 4 is 0 Å². The summed E-state index contributed by atoms with van der Waals surface area (Å²) in [5.41, 5.74) is -0.0216. The summed E-state index contributed by atoms with van der Waals surface area (Å²) in [6.07, 6.45) is 4.97. The minimum atomic E-state index is -0.0216. The number of rotatable bonds is 6. The van der Waals surface area contributed by atoms with E-state index in [-0.39, 0.29) is 12.1 Å². The molecule has 0 radical (unpaired) electrons. The fourth-order valence-corrected chi connectivity index (χ4v) is 2.15. The maximum Gasteiger partial charge on any atom is 0.0626 e. The molecule has 1 unspecified atom stereocenters. The molecule has 0 saturated carbocycles. The zero-order valence-electron chi connectivity index (χ0n) is 9.55. The number of nitrogens with one attached hydrogen (secondary N) is 1. The molecule has 14 heavy (non-hydrogen) atoms. The van der Waals surface area contributed by atoms with Gasteiger partial charge in [-0.3, -0.25) is 0 Å². The molecular formula is C11H24N2O. The van der Waals surface area contributed by atoms with Gasteiger partial charge in [0.05, 0.1) is 12.1 Å². The van der Waals surface area contributed by atoms with Gasteiger partial charge in [-0.2, -0.15) is 0 Å². The first kappa shape index (κ1) is 12.0. The Morgan fingerprint density at radius 1 is 1.43 bits per heavy atom. The van der Waals surface area contributed by atoms with Crippen molar-refractivity contribution in [2.75, 3.05) is 33.3 Å². The van der Waals surface area contributed by atoms with Crippen molar-refractivity contribution in [2.24, 2.45) is 0 Å². The normalized spacial score (nSPS) is 28.5. The number of hydrogen-bond acceptors (Lipinski definition) is 3. The van der Waals surface area contributed by atoms with Crippen molar-refractivity contribution in [2.45, 2.75) is 38.1 Å². The molecular weight excluding hydrogens is 176 g/mol. The largest absolute Gasteiger partial charge is 0.394 e. The maximum atomic E-state index is 9.32. The fraction of sp³-hybridized carbons (Fsp3) is 1.00. The third kappa shape index (κ3) is 2.94. The predicted octanol–water partition coefficient (Wildman–Crippen LogP) is 0.833. The van der Waals surface area contributed by atoms with E-state index in [1.807, 2.05) is 7.05 Å². The standard InChI is InChI=1S/C11H24N2O/c1-3-4-5-7-13-8-6-11(9-13,10-14)12-2/h12,14H,3-10H2,1-2H3. The third-order valence-corrected chi connectivity index (χ3v) is 3.34. The van der Waals surface area contributed by atoms with Gasteiger partial charge in [0.1, 0.15) is 0 Å². The lowest BCUT2D eigenvalue weighted by atomic mass is 10.0. The van der Waals surface area contributed by atoms with Crippen LogP contribution >= 0.6 is 0 Å². The Balaban J connectivity index is 2.25. The summed E-state index contributed by atoms with van der Waals surface area (Å²) in [5.74, 6) is 0.